The second kappa shape index (κ2) is 7.62. The topological polar surface area (TPSA) is 66.8 Å². The van der Waals surface area contributed by atoms with E-state index in [1.807, 2.05) is 4.90 Å². The summed E-state index contributed by atoms with van der Waals surface area (Å²) in [6, 6.07) is 0. The Morgan fingerprint density at radius 3 is 2.75 bits per heavy atom. The zero-order valence-corrected chi connectivity index (χ0v) is 12.1. The van der Waals surface area contributed by atoms with Gasteiger partial charge in [-0.2, -0.15) is 0 Å². The lowest BCUT2D eigenvalue weighted by molar-refractivity contribution is -0.137. The summed E-state index contributed by atoms with van der Waals surface area (Å²) in [5.41, 5.74) is 0. The SMILES string of the molecule is O=C(O)CC[C@H]1CCCN(C(=O)C[C@@H]2CCCCO2)C1. The van der Waals surface area contributed by atoms with Crippen molar-refractivity contribution in [3.05, 3.63) is 0 Å². The molecule has 2 fully saturated rings. The van der Waals surface area contributed by atoms with E-state index in [0.29, 0.717) is 18.8 Å². The summed E-state index contributed by atoms with van der Waals surface area (Å²) >= 11 is 0. The van der Waals surface area contributed by atoms with Crippen LogP contribution in [0.3, 0.4) is 0 Å². The number of piperidine rings is 1. The van der Waals surface area contributed by atoms with Crippen LogP contribution in [0, 0.1) is 5.92 Å². The van der Waals surface area contributed by atoms with Gasteiger partial charge in [0.2, 0.25) is 5.91 Å². The van der Waals surface area contributed by atoms with Crippen molar-refractivity contribution in [1.82, 2.24) is 4.90 Å². The van der Waals surface area contributed by atoms with Crippen molar-refractivity contribution < 1.29 is 19.4 Å². The highest BCUT2D eigenvalue weighted by Crippen LogP contribution is 2.23. The molecule has 0 radical (unpaired) electrons. The molecule has 20 heavy (non-hydrogen) atoms. The third-order valence-corrected chi connectivity index (χ3v) is 4.31. The highest BCUT2D eigenvalue weighted by atomic mass is 16.5. The maximum Gasteiger partial charge on any atom is 0.303 e. The Morgan fingerprint density at radius 2 is 2.05 bits per heavy atom. The van der Waals surface area contributed by atoms with Crippen molar-refractivity contribution >= 4 is 11.9 Å². The molecule has 0 unspecified atom stereocenters. The molecule has 5 nitrogen and oxygen atoms in total. The van der Waals surface area contributed by atoms with Crippen molar-refractivity contribution in [1.29, 1.82) is 0 Å². The lowest BCUT2D eigenvalue weighted by Crippen LogP contribution is -2.41. The van der Waals surface area contributed by atoms with Gasteiger partial charge in [-0.05, 0) is 44.4 Å². The zero-order valence-electron chi connectivity index (χ0n) is 12.1. The Balaban J connectivity index is 1.75. The van der Waals surface area contributed by atoms with E-state index in [-0.39, 0.29) is 18.4 Å². The van der Waals surface area contributed by atoms with E-state index in [1.54, 1.807) is 0 Å². The summed E-state index contributed by atoms with van der Waals surface area (Å²) in [4.78, 5) is 24.8. The van der Waals surface area contributed by atoms with Gasteiger partial charge < -0.3 is 14.7 Å². The largest absolute Gasteiger partial charge is 0.481 e. The van der Waals surface area contributed by atoms with Crippen molar-refractivity contribution in [2.75, 3.05) is 19.7 Å². The van der Waals surface area contributed by atoms with Gasteiger partial charge in [0, 0.05) is 26.1 Å². The molecule has 0 bridgehead atoms. The van der Waals surface area contributed by atoms with Crippen LogP contribution >= 0.6 is 0 Å². The summed E-state index contributed by atoms with van der Waals surface area (Å²) in [5.74, 6) is -0.225. The number of hydrogen-bond donors (Lipinski definition) is 1. The Bertz CT molecular complexity index is 339. The first-order valence-electron chi connectivity index (χ1n) is 7.76. The van der Waals surface area contributed by atoms with Gasteiger partial charge in [0.25, 0.3) is 0 Å². The average Bonchev–Trinajstić information content (AvgIpc) is 2.46. The van der Waals surface area contributed by atoms with Crippen molar-refractivity contribution in [3.63, 3.8) is 0 Å². The molecule has 2 saturated heterocycles. The molecule has 1 N–H and O–H groups in total. The average molecular weight is 283 g/mol. The maximum atomic E-state index is 12.3. The molecule has 0 spiro atoms. The minimum absolute atomic E-state index is 0.0932. The molecule has 114 valence electrons. The molecule has 2 atom stereocenters. The number of carbonyl (C=O) groups excluding carboxylic acids is 1. The number of carbonyl (C=O) groups is 2. The lowest BCUT2D eigenvalue weighted by Gasteiger charge is -2.34. The van der Waals surface area contributed by atoms with E-state index in [1.165, 1.54) is 0 Å². The third-order valence-electron chi connectivity index (χ3n) is 4.31. The van der Waals surface area contributed by atoms with E-state index >= 15 is 0 Å². The monoisotopic (exact) mass is 283 g/mol. The second-order valence-electron chi connectivity index (χ2n) is 5.97. The molecule has 2 heterocycles. The third kappa shape index (κ3) is 4.78. The Kier molecular flexibility index (Phi) is 5.83. The van der Waals surface area contributed by atoms with Gasteiger partial charge in [0.05, 0.1) is 12.5 Å². The predicted octanol–water partition coefficient (Wildman–Crippen LogP) is 2.05. The Labute approximate surface area is 120 Å². The number of amides is 1. The number of carboxylic acids is 1. The highest BCUT2D eigenvalue weighted by Gasteiger charge is 2.26. The molecule has 2 rings (SSSR count). The van der Waals surface area contributed by atoms with Crippen LogP contribution < -0.4 is 0 Å². The summed E-state index contributed by atoms with van der Waals surface area (Å²) in [6.07, 6.45) is 6.74. The van der Waals surface area contributed by atoms with Crippen molar-refractivity contribution in [2.24, 2.45) is 5.92 Å². The van der Waals surface area contributed by atoms with E-state index in [9.17, 15) is 9.59 Å². The molecular weight excluding hydrogens is 258 g/mol. The molecule has 0 aliphatic carbocycles. The second-order valence-corrected chi connectivity index (χ2v) is 5.97. The molecule has 1 amide bonds. The predicted molar refractivity (Wildman–Crippen MR) is 74.4 cm³/mol. The van der Waals surface area contributed by atoms with Gasteiger partial charge in [-0.3, -0.25) is 9.59 Å². The van der Waals surface area contributed by atoms with Crippen LogP contribution in [-0.2, 0) is 14.3 Å². The van der Waals surface area contributed by atoms with E-state index in [2.05, 4.69) is 0 Å². The van der Waals surface area contributed by atoms with Crippen LogP contribution in [0.1, 0.15) is 51.4 Å². The molecular formula is C15H25NO4. The fraction of sp³-hybridized carbons (Fsp3) is 0.867. The number of nitrogens with zero attached hydrogens (tertiary/aromatic N) is 1. The number of aliphatic carboxylic acids is 1. The number of ether oxygens (including phenoxy) is 1. The van der Waals surface area contributed by atoms with Gasteiger partial charge in [0.1, 0.15) is 0 Å². The Morgan fingerprint density at radius 1 is 1.20 bits per heavy atom. The summed E-state index contributed by atoms with van der Waals surface area (Å²) in [7, 11) is 0. The molecule has 0 saturated carbocycles. The van der Waals surface area contributed by atoms with Crippen molar-refractivity contribution in [2.45, 2.75) is 57.5 Å². The normalized spacial score (nSPS) is 27.3. The van der Waals surface area contributed by atoms with E-state index in [0.717, 1.165) is 51.8 Å². The van der Waals surface area contributed by atoms with Crippen molar-refractivity contribution in [3.8, 4) is 0 Å². The first-order valence-corrected chi connectivity index (χ1v) is 7.76. The van der Waals surface area contributed by atoms with Gasteiger partial charge in [-0.1, -0.05) is 0 Å². The molecule has 2 aliphatic rings. The van der Waals surface area contributed by atoms with E-state index < -0.39 is 5.97 Å². The summed E-state index contributed by atoms with van der Waals surface area (Å²) in [5, 5.41) is 8.74. The maximum absolute atomic E-state index is 12.3. The number of rotatable bonds is 5. The highest BCUT2D eigenvalue weighted by molar-refractivity contribution is 5.76. The molecule has 0 aromatic carbocycles. The van der Waals surface area contributed by atoms with Crippen LogP contribution in [0.5, 0.6) is 0 Å². The fourth-order valence-corrected chi connectivity index (χ4v) is 3.15. The van der Waals surface area contributed by atoms with Crippen LogP contribution in [0.15, 0.2) is 0 Å². The van der Waals surface area contributed by atoms with Crippen LogP contribution in [-0.4, -0.2) is 47.7 Å². The summed E-state index contributed by atoms with van der Waals surface area (Å²) < 4.78 is 5.62. The number of carboxylic acid groups (broad SMARTS) is 1. The number of hydrogen-bond acceptors (Lipinski definition) is 3. The lowest BCUT2D eigenvalue weighted by atomic mass is 9.93. The van der Waals surface area contributed by atoms with Gasteiger partial charge >= 0.3 is 5.97 Å². The van der Waals surface area contributed by atoms with Crippen LogP contribution in [0.25, 0.3) is 0 Å². The van der Waals surface area contributed by atoms with Gasteiger partial charge in [-0.15, -0.1) is 0 Å². The molecule has 2 aliphatic heterocycles. The standard InChI is InChI=1S/C15H25NO4/c17-14(10-13-5-1-2-9-20-13)16-8-3-4-12(11-16)6-7-15(18)19/h12-13H,1-11H2,(H,18,19)/t12-,13+/m1/s1. The van der Waals surface area contributed by atoms with Gasteiger partial charge in [-0.25, -0.2) is 0 Å². The minimum atomic E-state index is -0.746. The van der Waals surface area contributed by atoms with Gasteiger partial charge in [0.15, 0.2) is 0 Å². The first-order chi connectivity index (χ1) is 9.65. The van der Waals surface area contributed by atoms with Crippen LogP contribution in [0.4, 0.5) is 0 Å². The number of likely N-dealkylation sites (tertiary alicyclic amines) is 1. The summed E-state index contributed by atoms with van der Waals surface area (Å²) in [6.45, 7) is 2.31. The van der Waals surface area contributed by atoms with Crippen LogP contribution in [0.2, 0.25) is 0 Å². The molecule has 0 aromatic rings. The van der Waals surface area contributed by atoms with E-state index in [4.69, 9.17) is 9.84 Å². The first kappa shape index (κ1) is 15.3. The zero-order chi connectivity index (χ0) is 14.4. The fourth-order valence-electron chi connectivity index (χ4n) is 3.15. The smallest absolute Gasteiger partial charge is 0.303 e. The minimum Gasteiger partial charge on any atom is -0.481 e. The molecule has 0 aromatic heterocycles. The quantitative estimate of drug-likeness (QED) is 0.838. The molecule has 5 heteroatoms. The Hall–Kier alpha value is -1.10.